The van der Waals surface area contributed by atoms with Crippen LogP contribution < -0.4 is 4.74 Å². The molecule has 0 saturated heterocycles. The lowest BCUT2D eigenvalue weighted by Gasteiger charge is -2.05. The number of aryl methyl sites for hydroxylation is 1. The van der Waals surface area contributed by atoms with E-state index in [2.05, 4.69) is 28.9 Å². The summed E-state index contributed by atoms with van der Waals surface area (Å²) in [5.74, 6) is 0.960. The van der Waals surface area contributed by atoms with E-state index in [0.717, 1.165) is 16.6 Å². The lowest BCUT2D eigenvalue weighted by molar-refractivity contribution is 0.410. The third-order valence-electron chi connectivity index (χ3n) is 1.63. The van der Waals surface area contributed by atoms with Crippen molar-refractivity contribution < 1.29 is 4.74 Å². The molecule has 0 fully saturated rings. The number of halogens is 1. The number of hydrogen-bond acceptors (Lipinski definition) is 1. The van der Waals surface area contributed by atoms with E-state index in [0.29, 0.717) is 0 Å². The van der Waals surface area contributed by atoms with Gasteiger partial charge in [0.15, 0.2) is 0 Å². The SMILES string of the molecule is CCc1ccc(Br)cc1OC. The van der Waals surface area contributed by atoms with Crippen molar-refractivity contribution in [2.24, 2.45) is 0 Å². The maximum atomic E-state index is 5.19. The fourth-order valence-electron chi connectivity index (χ4n) is 1.01. The summed E-state index contributed by atoms with van der Waals surface area (Å²) in [6.07, 6.45) is 1.01. The van der Waals surface area contributed by atoms with Crippen molar-refractivity contribution in [1.29, 1.82) is 0 Å². The molecule has 0 aliphatic rings. The number of benzene rings is 1. The van der Waals surface area contributed by atoms with Crippen LogP contribution in [0.25, 0.3) is 0 Å². The van der Waals surface area contributed by atoms with Crippen molar-refractivity contribution in [3.8, 4) is 5.75 Å². The molecule has 1 nitrogen and oxygen atoms in total. The summed E-state index contributed by atoms with van der Waals surface area (Å²) < 4.78 is 6.25. The highest BCUT2D eigenvalue weighted by atomic mass is 79.9. The third kappa shape index (κ3) is 1.96. The van der Waals surface area contributed by atoms with E-state index in [1.54, 1.807) is 7.11 Å². The molecule has 11 heavy (non-hydrogen) atoms. The second-order valence-corrected chi connectivity index (χ2v) is 3.23. The van der Waals surface area contributed by atoms with Crippen LogP contribution in [0.4, 0.5) is 0 Å². The first-order valence-electron chi connectivity index (χ1n) is 3.60. The highest BCUT2D eigenvalue weighted by molar-refractivity contribution is 9.10. The van der Waals surface area contributed by atoms with Crippen LogP contribution in [0, 0.1) is 0 Å². The molecule has 0 aliphatic heterocycles. The molecule has 0 aliphatic carbocycles. The number of rotatable bonds is 2. The third-order valence-corrected chi connectivity index (χ3v) is 2.12. The van der Waals surface area contributed by atoms with E-state index >= 15 is 0 Å². The summed E-state index contributed by atoms with van der Waals surface area (Å²) in [5, 5.41) is 0. The zero-order valence-corrected chi connectivity index (χ0v) is 8.31. The van der Waals surface area contributed by atoms with Crippen LogP contribution in [-0.2, 0) is 6.42 Å². The summed E-state index contributed by atoms with van der Waals surface area (Å²) in [6, 6.07) is 6.09. The van der Waals surface area contributed by atoms with E-state index in [4.69, 9.17) is 4.74 Å². The molecule has 1 aromatic rings. The van der Waals surface area contributed by atoms with Crippen LogP contribution >= 0.6 is 15.9 Å². The van der Waals surface area contributed by atoms with E-state index in [-0.39, 0.29) is 0 Å². The molecule has 2 heteroatoms. The summed E-state index contributed by atoms with van der Waals surface area (Å²) in [6.45, 7) is 2.12. The molecular formula is C9H11BrO. The molecule has 0 heterocycles. The average molecular weight is 215 g/mol. The molecule has 0 atom stereocenters. The van der Waals surface area contributed by atoms with Crippen molar-refractivity contribution in [1.82, 2.24) is 0 Å². The van der Waals surface area contributed by atoms with E-state index in [1.807, 2.05) is 12.1 Å². The largest absolute Gasteiger partial charge is 0.496 e. The molecule has 1 rings (SSSR count). The highest BCUT2D eigenvalue weighted by Gasteiger charge is 1.99. The summed E-state index contributed by atoms with van der Waals surface area (Å²) in [7, 11) is 1.70. The predicted octanol–water partition coefficient (Wildman–Crippen LogP) is 3.02. The molecule has 0 radical (unpaired) electrons. The minimum Gasteiger partial charge on any atom is -0.496 e. The van der Waals surface area contributed by atoms with Gasteiger partial charge in [0.05, 0.1) is 7.11 Å². The quantitative estimate of drug-likeness (QED) is 0.736. The van der Waals surface area contributed by atoms with Crippen LogP contribution in [0.2, 0.25) is 0 Å². The van der Waals surface area contributed by atoms with Gasteiger partial charge >= 0.3 is 0 Å². The molecule has 0 amide bonds. The Morgan fingerprint density at radius 1 is 1.45 bits per heavy atom. The Labute approximate surface area is 75.5 Å². The molecule has 0 unspecified atom stereocenters. The topological polar surface area (TPSA) is 9.23 Å². The number of methoxy groups -OCH3 is 1. The van der Waals surface area contributed by atoms with Gasteiger partial charge in [-0.3, -0.25) is 0 Å². The Bertz CT molecular complexity index is 245. The molecule has 0 aromatic heterocycles. The normalized spacial score (nSPS) is 9.73. The molecule has 1 aromatic carbocycles. The van der Waals surface area contributed by atoms with Crippen LogP contribution in [0.1, 0.15) is 12.5 Å². The monoisotopic (exact) mass is 214 g/mol. The van der Waals surface area contributed by atoms with Gasteiger partial charge in [-0.05, 0) is 24.1 Å². The molecular weight excluding hydrogens is 204 g/mol. The van der Waals surface area contributed by atoms with Crippen LogP contribution in [0.3, 0.4) is 0 Å². The second-order valence-electron chi connectivity index (χ2n) is 2.31. The fraction of sp³-hybridized carbons (Fsp3) is 0.333. The molecule has 0 bridgehead atoms. The first-order valence-corrected chi connectivity index (χ1v) is 4.39. The maximum absolute atomic E-state index is 5.19. The lowest BCUT2D eigenvalue weighted by atomic mass is 10.1. The Morgan fingerprint density at radius 2 is 2.18 bits per heavy atom. The summed E-state index contributed by atoms with van der Waals surface area (Å²) >= 11 is 3.39. The molecule has 0 saturated carbocycles. The van der Waals surface area contributed by atoms with Crippen LogP contribution in [0.15, 0.2) is 22.7 Å². The van der Waals surface area contributed by atoms with E-state index in [9.17, 15) is 0 Å². The standard InChI is InChI=1S/C9H11BrO/c1-3-7-4-5-8(10)6-9(7)11-2/h4-6H,3H2,1-2H3. The van der Waals surface area contributed by atoms with Crippen LogP contribution in [-0.4, -0.2) is 7.11 Å². The van der Waals surface area contributed by atoms with Crippen molar-refractivity contribution in [2.75, 3.05) is 7.11 Å². The van der Waals surface area contributed by atoms with Gasteiger partial charge in [-0.2, -0.15) is 0 Å². The molecule has 0 N–H and O–H groups in total. The minimum atomic E-state index is 0.960. The van der Waals surface area contributed by atoms with Gasteiger partial charge in [0.2, 0.25) is 0 Å². The summed E-state index contributed by atoms with van der Waals surface area (Å²) in [5.41, 5.74) is 1.25. The highest BCUT2D eigenvalue weighted by Crippen LogP contribution is 2.23. The lowest BCUT2D eigenvalue weighted by Crippen LogP contribution is -1.89. The van der Waals surface area contributed by atoms with E-state index < -0.39 is 0 Å². The van der Waals surface area contributed by atoms with Gasteiger partial charge in [0.25, 0.3) is 0 Å². The predicted molar refractivity (Wildman–Crippen MR) is 50.1 cm³/mol. The Balaban J connectivity index is 3.06. The van der Waals surface area contributed by atoms with Gasteiger partial charge in [0, 0.05) is 4.47 Å². The Hall–Kier alpha value is -0.500. The average Bonchev–Trinajstić information content (AvgIpc) is 2.04. The van der Waals surface area contributed by atoms with Gasteiger partial charge in [-0.1, -0.05) is 28.9 Å². The van der Waals surface area contributed by atoms with Gasteiger partial charge in [0.1, 0.15) is 5.75 Å². The van der Waals surface area contributed by atoms with E-state index in [1.165, 1.54) is 5.56 Å². The number of ether oxygens (including phenoxy) is 1. The first kappa shape index (κ1) is 8.60. The summed E-state index contributed by atoms with van der Waals surface area (Å²) in [4.78, 5) is 0. The van der Waals surface area contributed by atoms with Gasteiger partial charge < -0.3 is 4.74 Å². The molecule has 60 valence electrons. The van der Waals surface area contributed by atoms with Crippen molar-refractivity contribution in [2.45, 2.75) is 13.3 Å². The van der Waals surface area contributed by atoms with Gasteiger partial charge in [-0.25, -0.2) is 0 Å². The number of hydrogen-bond donors (Lipinski definition) is 0. The molecule has 0 spiro atoms. The Morgan fingerprint density at radius 3 is 2.73 bits per heavy atom. The Kier molecular flexibility index (Phi) is 2.94. The van der Waals surface area contributed by atoms with Crippen LogP contribution in [0.5, 0.6) is 5.75 Å². The smallest absolute Gasteiger partial charge is 0.123 e. The minimum absolute atomic E-state index is 0.960. The zero-order valence-electron chi connectivity index (χ0n) is 6.73. The fourth-order valence-corrected chi connectivity index (χ4v) is 1.35. The van der Waals surface area contributed by atoms with Gasteiger partial charge in [-0.15, -0.1) is 0 Å². The van der Waals surface area contributed by atoms with Crippen molar-refractivity contribution >= 4 is 15.9 Å². The van der Waals surface area contributed by atoms with Crippen molar-refractivity contribution in [3.05, 3.63) is 28.2 Å². The first-order chi connectivity index (χ1) is 5.27. The van der Waals surface area contributed by atoms with Crippen molar-refractivity contribution in [3.63, 3.8) is 0 Å². The zero-order chi connectivity index (χ0) is 8.27. The second kappa shape index (κ2) is 3.77. The maximum Gasteiger partial charge on any atom is 0.123 e.